The number of rotatable bonds is 7. The van der Waals surface area contributed by atoms with E-state index in [1.807, 2.05) is 0 Å². The van der Waals surface area contributed by atoms with Gasteiger partial charge in [-0.1, -0.05) is 13.8 Å². The van der Waals surface area contributed by atoms with Crippen LogP contribution in [0.25, 0.3) is 0 Å². The van der Waals surface area contributed by atoms with Crippen LogP contribution in [0.2, 0.25) is 0 Å². The second-order valence-corrected chi connectivity index (χ2v) is 4.74. The fraction of sp³-hybridized carbons (Fsp3) is 0.375. The molecule has 2 aromatic rings. The summed E-state index contributed by atoms with van der Waals surface area (Å²) in [6.45, 7) is 5.02. The Labute approximate surface area is 124 Å². The van der Waals surface area contributed by atoms with Crippen LogP contribution in [-0.4, -0.2) is 16.5 Å². The number of nitrogens with zero attached hydrogens (tertiary/aromatic N) is 2. The van der Waals surface area contributed by atoms with E-state index < -0.39 is 0 Å². The zero-order chi connectivity index (χ0) is 15.1. The van der Waals surface area contributed by atoms with Crippen molar-refractivity contribution in [2.75, 3.05) is 11.9 Å². The van der Waals surface area contributed by atoms with Gasteiger partial charge in [0.05, 0.1) is 0 Å². The van der Waals surface area contributed by atoms with Gasteiger partial charge in [0.2, 0.25) is 5.88 Å². The fourth-order valence-corrected chi connectivity index (χ4v) is 1.83. The van der Waals surface area contributed by atoms with Crippen molar-refractivity contribution in [1.82, 2.24) is 9.97 Å². The first kappa shape index (κ1) is 15.2. The Morgan fingerprint density at radius 3 is 2.52 bits per heavy atom. The largest absolute Gasteiger partial charge is 0.439 e. The molecule has 21 heavy (non-hydrogen) atoms. The number of aromatic nitrogens is 2. The lowest BCUT2D eigenvalue weighted by atomic mass is 10.3. The van der Waals surface area contributed by atoms with Crippen LogP contribution in [0.3, 0.4) is 0 Å². The second kappa shape index (κ2) is 7.57. The van der Waals surface area contributed by atoms with E-state index in [1.54, 1.807) is 18.2 Å². The normalized spacial score (nSPS) is 10.4. The maximum atomic E-state index is 12.9. The van der Waals surface area contributed by atoms with Crippen molar-refractivity contribution < 1.29 is 9.13 Å². The Morgan fingerprint density at radius 2 is 1.86 bits per heavy atom. The molecule has 4 nitrogen and oxygen atoms in total. The van der Waals surface area contributed by atoms with Crippen molar-refractivity contribution in [3.8, 4) is 11.6 Å². The van der Waals surface area contributed by atoms with Gasteiger partial charge in [-0.15, -0.1) is 0 Å². The van der Waals surface area contributed by atoms with Crippen molar-refractivity contribution >= 4 is 5.82 Å². The van der Waals surface area contributed by atoms with E-state index in [0.717, 1.165) is 37.4 Å². The summed E-state index contributed by atoms with van der Waals surface area (Å²) in [6.07, 6.45) is 2.77. The maximum absolute atomic E-state index is 12.9. The van der Waals surface area contributed by atoms with E-state index >= 15 is 0 Å². The topological polar surface area (TPSA) is 47.0 Å². The van der Waals surface area contributed by atoms with Gasteiger partial charge in [-0.05, 0) is 37.1 Å². The molecular formula is C16H20FN3O. The van der Waals surface area contributed by atoms with Crippen LogP contribution in [-0.2, 0) is 6.42 Å². The van der Waals surface area contributed by atoms with Crippen molar-refractivity contribution in [2.45, 2.75) is 33.1 Å². The zero-order valence-electron chi connectivity index (χ0n) is 12.4. The Bertz CT molecular complexity index is 572. The molecule has 0 aliphatic carbocycles. The molecule has 2 rings (SSSR count). The van der Waals surface area contributed by atoms with Crippen LogP contribution < -0.4 is 10.1 Å². The molecule has 0 amide bonds. The number of anilines is 1. The lowest BCUT2D eigenvalue weighted by Gasteiger charge is -2.10. The summed E-state index contributed by atoms with van der Waals surface area (Å²) in [6, 6.07) is 7.64. The lowest BCUT2D eigenvalue weighted by molar-refractivity contribution is 0.457. The summed E-state index contributed by atoms with van der Waals surface area (Å²) in [5.74, 6) is 2.24. The van der Waals surface area contributed by atoms with E-state index in [9.17, 15) is 4.39 Å². The van der Waals surface area contributed by atoms with Gasteiger partial charge in [0.15, 0.2) is 0 Å². The highest BCUT2D eigenvalue weighted by molar-refractivity contribution is 5.40. The van der Waals surface area contributed by atoms with Crippen LogP contribution in [0.5, 0.6) is 11.6 Å². The molecule has 1 N–H and O–H groups in total. The number of hydrogen-bond donors (Lipinski definition) is 1. The summed E-state index contributed by atoms with van der Waals surface area (Å²) < 4.78 is 18.6. The molecule has 0 spiro atoms. The molecular weight excluding hydrogens is 269 g/mol. The molecule has 0 saturated heterocycles. The smallest absolute Gasteiger partial charge is 0.224 e. The Balaban J connectivity index is 2.19. The molecule has 5 heteroatoms. The third-order valence-corrected chi connectivity index (χ3v) is 2.81. The number of nitrogens with one attached hydrogen (secondary N) is 1. The summed E-state index contributed by atoms with van der Waals surface area (Å²) in [7, 11) is 0. The minimum absolute atomic E-state index is 0.290. The molecule has 0 saturated carbocycles. The molecule has 0 fully saturated rings. The predicted molar refractivity (Wildman–Crippen MR) is 81.3 cm³/mol. The molecule has 1 heterocycles. The molecule has 0 aliphatic heterocycles. The monoisotopic (exact) mass is 289 g/mol. The first-order valence-corrected chi connectivity index (χ1v) is 7.26. The van der Waals surface area contributed by atoms with Crippen molar-refractivity contribution in [3.05, 3.63) is 42.0 Å². The predicted octanol–water partition coefficient (Wildman–Crippen LogP) is 4.18. The molecule has 1 aromatic carbocycles. The molecule has 0 aliphatic rings. The Morgan fingerprint density at radius 1 is 1.10 bits per heavy atom. The molecule has 0 atom stereocenters. The van der Waals surface area contributed by atoms with Gasteiger partial charge in [0.1, 0.15) is 23.2 Å². The first-order valence-electron chi connectivity index (χ1n) is 7.26. The molecule has 1 aromatic heterocycles. The lowest BCUT2D eigenvalue weighted by Crippen LogP contribution is -2.06. The summed E-state index contributed by atoms with van der Waals surface area (Å²) in [5.41, 5.74) is 0. The van der Waals surface area contributed by atoms with Crippen LogP contribution >= 0.6 is 0 Å². The SMILES string of the molecule is CCCNc1cc(Oc2ccc(F)cc2)nc(CCC)n1. The van der Waals surface area contributed by atoms with Crippen molar-refractivity contribution in [3.63, 3.8) is 0 Å². The van der Waals surface area contributed by atoms with Crippen molar-refractivity contribution in [1.29, 1.82) is 0 Å². The summed E-state index contributed by atoms with van der Waals surface area (Å²) >= 11 is 0. The minimum atomic E-state index is -0.290. The van der Waals surface area contributed by atoms with Crippen LogP contribution in [0.4, 0.5) is 10.2 Å². The highest BCUT2D eigenvalue weighted by Crippen LogP contribution is 2.22. The van der Waals surface area contributed by atoms with E-state index in [-0.39, 0.29) is 5.82 Å². The van der Waals surface area contributed by atoms with Gasteiger partial charge in [0, 0.05) is 19.0 Å². The van der Waals surface area contributed by atoms with Gasteiger partial charge in [-0.2, -0.15) is 4.98 Å². The zero-order valence-corrected chi connectivity index (χ0v) is 12.4. The minimum Gasteiger partial charge on any atom is -0.439 e. The summed E-state index contributed by atoms with van der Waals surface area (Å²) in [4.78, 5) is 8.84. The second-order valence-electron chi connectivity index (χ2n) is 4.74. The third kappa shape index (κ3) is 4.70. The Hall–Kier alpha value is -2.17. The fourth-order valence-electron chi connectivity index (χ4n) is 1.83. The highest BCUT2D eigenvalue weighted by atomic mass is 19.1. The average molecular weight is 289 g/mol. The Kier molecular flexibility index (Phi) is 5.49. The van der Waals surface area contributed by atoms with Crippen molar-refractivity contribution in [2.24, 2.45) is 0 Å². The number of halogens is 1. The summed E-state index contributed by atoms with van der Waals surface area (Å²) in [5, 5.41) is 3.24. The molecule has 0 radical (unpaired) electrons. The molecule has 0 unspecified atom stereocenters. The van der Waals surface area contributed by atoms with Gasteiger partial charge in [-0.25, -0.2) is 9.37 Å². The number of benzene rings is 1. The van der Waals surface area contributed by atoms with Gasteiger partial charge in [-0.3, -0.25) is 0 Å². The molecule has 112 valence electrons. The van der Waals surface area contributed by atoms with Gasteiger partial charge < -0.3 is 10.1 Å². The first-order chi connectivity index (χ1) is 10.2. The van der Waals surface area contributed by atoms with E-state index in [0.29, 0.717) is 11.6 Å². The standard InChI is InChI=1S/C16H20FN3O/c1-3-5-14-19-15(18-10-4-2)11-16(20-14)21-13-8-6-12(17)7-9-13/h6-9,11H,3-5,10H2,1-2H3,(H,18,19,20). The van der Waals surface area contributed by atoms with Gasteiger partial charge >= 0.3 is 0 Å². The number of hydrogen-bond acceptors (Lipinski definition) is 4. The van der Waals surface area contributed by atoms with Gasteiger partial charge in [0.25, 0.3) is 0 Å². The quantitative estimate of drug-likeness (QED) is 0.830. The van der Waals surface area contributed by atoms with E-state index in [4.69, 9.17) is 4.74 Å². The average Bonchev–Trinajstić information content (AvgIpc) is 2.48. The number of aryl methyl sites for hydroxylation is 1. The van der Waals surface area contributed by atoms with Crippen LogP contribution in [0, 0.1) is 5.82 Å². The maximum Gasteiger partial charge on any atom is 0.224 e. The van der Waals surface area contributed by atoms with E-state index in [1.165, 1.54) is 12.1 Å². The third-order valence-electron chi connectivity index (χ3n) is 2.81. The number of ether oxygens (including phenoxy) is 1. The molecule has 0 bridgehead atoms. The van der Waals surface area contributed by atoms with Crippen LogP contribution in [0.15, 0.2) is 30.3 Å². The highest BCUT2D eigenvalue weighted by Gasteiger charge is 2.06. The van der Waals surface area contributed by atoms with Crippen LogP contribution in [0.1, 0.15) is 32.5 Å². The van der Waals surface area contributed by atoms with E-state index in [2.05, 4.69) is 29.1 Å².